The smallest absolute Gasteiger partial charge is 0.199 e. The van der Waals surface area contributed by atoms with Crippen LogP contribution >= 0.6 is 15.9 Å². The Labute approximate surface area is 117 Å². The normalized spacial score (nSPS) is 10.3. The Morgan fingerprint density at radius 2 is 1.84 bits per heavy atom. The molecule has 0 aliphatic rings. The predicted molar refractivity (Wildman–Crippen MR) is 70.5 cm³/mol. The lowest BCUT2D eigenvalue weighted by Crippen LogP contribution is -2.07. The first-order valence-corrected chi connectivity index (χ1v) is 6.15. The highest BCUT2D eigenvalue weighted by Crippen LogP contribution is 2.25. The van der Waals surface area contributed by atoms with E-state index in [1.165, 1.54) is 37.4 Å². The molecule has 0 aromatic heterocycles. The number of hydrogen-bond donors (Lipinski definition) is 0. The van der Waals surface area contributed by atoms with E-state index in [4.69, 9.17) is 4.74 Å². The Bertz CT molecular complexity index is 641. The summed E-state index contributed by atoms with van der Waals surface area (Å²) in [5, 5.41) is 0. The first-order chi connectivity index (χ1) is 9.02. The van der Waals surface area contributed by atoms with Crippen molar-refractivity contribution < 1.29 is 18.3 Å². The minimum Gasteiger partial charge on any atom is -0.496 e. The van der Waals surface area contributed by atoms with Crippen molar-refractivity contribution in [1.82, 2.24) is 0 Å². The van der Waals surface area contributed by atoms with E-state index in [0.717, 1.165) is 6.07 Å². The molecular weight excluding hydrogens is 318 g/mol. The molecule has 5 heteroatoms. The van der Waals surface area contributed by atoms with Gasteiger partial charge in [0.2, 0.25) is 0 Å². The molecule has 0 unspecified atom stereocenters. The lowest BCUT2D eigenvalue weighted by Gasteiger charge is -2.08. The van der Waals surface area contributed by atoms with Crippen molar-refractivity contribution in [3.05, 3.63) is 63.6 Å². The summed E-state index contributed by atoms with van der Waals surface area (Å²) in [6, 6.07) is 7.53. The molecule has 2 rings (SSSR count). The Morgan fingerprint density at radius 3 is 2.53 bits per heavy atom. The topological polar surface area (TPSA) is 26.3 Å². The molecule has 0 aliphatic heterocycles. The maximum absolute atomic E-state index is 13.7. The number of methoxy groups -OCH3 is 1. The van der Waals surface area contributed by atoms with Gasteiger partial charge in [-0.2, -0.15) is 0 Å². The van der Waals surface area contributed by atoms with Gasteiger partial charge in [0, 0.05) is 4.47 Å². The summed E-state index contributed by atoms with van der Waals surface area (Å²) in [7, 11) is 1.36. The Kier molecular flexibility index (Phi) is 3.95. The lowest BCUT2D eigenvalue weighted by atomic mass is 10.0. The predicted octanol–water partition coefficient (Wildman–Crippen LogP) is 3.97. The fourth-order valence-electron chi connectivity index (χ4n) is 1.67. The molecule has 0 spiro atoms. The van der Waals surface area contributed by atoms with Gasteiger partial charge in [-0.1, -0.05) is 15.9 Å². The minimum absolute atomic E-state index is 0.0144. The third-order valence-electron chi connectivity index (χ3n) is 2.58. The number of rotatable bonds is 3. The number of carbonyl (C=O) groups excluding carboxylic acids is 1. The van der Waals surface area contributed by atoms with Crippen LogP contribution < -0.4 is 4.74 Å². The van der Waals surface area contributed by atoms with E-state index < -0.39 is 17.4 Å². The van der Waals surface area contributed by atoms with Crippen LogP contribution in [0.15, 0.2) is 40.9 Å². The molecule has 0 saturated carbocycles. The quantitative estimate of drug-likeness (QED) is 0.798. The molecule has 0 atom stereocenters. The van der Waals surface area contributed by atoms with Crippen LogP contribution in [0.4, 0.5) is 8.78 Å². The average Bonchev–Trinajstić information content (AvgIpc) is 2.40. The van der Waals surface area contributed by atoms with Crippen molar-refractivity contribution in [1.29, 1.82) is 0 Å². The monoisotopic (exact) mass is 326 g/mol. The van der Waals surface area contributed by atoms with Crippen molar-refractivity contribution >= 4 is 21.7 Å². The zero-order valence-electron chi connectivity index (χ0n) is 9.91. The van der Waals surface area contributed by atoms with Gasteiger partial charge in [-0.05, 0) is 36.4 Å². The van der Waals surface area contributed by atoms with Gasteiger partial charge >= 0.3 is 0 Å². The summed E-state index contributed by atoms with van der Waals surface area (Å²) in [5.41, 5.74) is -0.155. The summed E-state index contributed by atoms with van der Waals surface area (Å²) >= 11 is 3.16. The number of hydrogen-bond acceptors (Lipinski definition) is 2. The van der Waals surface area contributed by atoms with E-state index in [2.05, 4.69) is 15.9 Å². The van der Waals surface area contributed by atoms with Crippen LogP contribution in [-0.2, 0) is 0 Å². The zero-order chi connectivity index (χ0) is 14.0. The molecule has 2 nitrogen and oxygen atoms in total. The highest BCUT2D eigenvalue weighted by Gasteiger charge is 2.19. The Morgan fingerprint density at radius 1 is 1.11 bits per heavy atom. The summed E-state index contributed by atoms with van der Waals surface area (Å²) in [6.07, 6.45) is 0. The third-order valence-corrected chi connectivity index (χ3v) is 3.07. The molecule has 0 fully saturated rings. The molecule has 0 aliphatic carbocycles. The molecule has 0 bridgehead atoms. The summed E-state index contributed by atoms with van der Waals surface area (Å²) in [5.74, 6) is -1.68. The first-order valence-electron chi connectivity index (χ1n) is 5.36. The van der Waals surface area contributed by atoms with Gasteiger partial charge < -0.3 is 4.74 Å². The highest BCUT2D eigenvalue weighted by atomic mass is 79.9. The fourth-order valence-corrected chi connectivity index (χ4v) is 2.04. The van der Waals surface area contributed by atoms with Crippen molar-refractivity contribution in [2.24, 2.45) is 0 Å². The van der Waals surface area contributed by atoms with Crippen molar-refractivity contribution in [2.75, 3.05) is 7.11 Å². The Hall–Kier alpha value is -1.75. The molecule has 19 heavy (non-hydrogen) atoms. The maximum atomic E-state index is 13.7. The van der Waals surface area contributed by atoms with E-state index in [0.29, 0.717) is 4.47 Å². The molecule has 0 saturated heterocycles. The van der Waals surface area contributed by atoms with Crippen LogP contribution in [0.2, 0.25) is 0 Å². The Balaban J connectivity index is 2.55. The highest BCUT2D eigenvalue weighted by molar-refractivity contribution is 9.10. The number of benzene rings is 2. The molecule has 0 radical (unpaired) electrons. The average molecular weight is 327 g/mol. The van der Waals surface area contributed by atoms with Crippen LogP contribution in [0.5, 0.6) is 5.75 Å². The van der Waals surface area contributed by atoms with Gasteiger partial charge in [0.15, 0.2) is 5.78 Å². The molecule has 0 N–H and O–H groups in total. The van der Waals surface area contributed by atoms with E-state index in [1.807, 2.05) is 0 Å². The van der Waals surface area contributed by atoms with Crippen LogP contribution in [0.25, 0.3) is 0 Å². The molecule has 0 amide bonds. The molecule has 98 valence electrons. The van der Waals surface area contributed by atoms with Crippen LogP contribution in [-0.4, -0.2) is 12.9 Å². The van der Waals surface area contributed by atoms with E-state index in [9.17, 15) is 13.6 Å². The number of ketones is 1. The summed E-state index contributed by atoms with van der Waals surface area (Å²) < 4.78 is 32.4. The second-order valence-electron chi connectivity index (χ2n) is 3.80. The first kappa shape index (κ1) is 13.7. The fraction of sp³-hybridized carbons (Fsp3) is 0.0714. The van der Waals surface area contributed by atoms with Gasteiger partial charge in [-0.15, -0.1) is 0 Å². The third kappa shape index (κ3) is 2.81. The van der Waals surface area contributed by atoms with Crippen molar-refractivity contribution in [3.8, 4) is 5.75 Å². The molecule has 0 heterocycles. The number of carbonyl (C=O) groups is 1. The van der Waals surface area contributed by atoms with Crippen molar-refractivity contribution in [3.63, 3.8) is 0 Å². The van der Waals surface area contributed by atoms with E-state index >= 15 is 0 Å². The van der Waals surface area contributed by atoms with E-state index in [1.54, 1.807) is 0 Å². The molecule has 2 aromatic rings. The number of halogens is 3. The summed E-state index contributed by atoms with van der Waals surface area (Å²) in [4.78, 5) is 12.2. The van der Waals surface area contributed by atoms with Gasteiger partial charge in [-0.3, -0.25) is 4.79 Å². The van der Waals surface area contributed by atoms with Gasteiger partial charge in [0.1, 0.15) is 17.4 Å². The summed E-state index contributed by atoms with van der Waals surface area (Å²) in [6.45, 7) is 0. The van der Waals surface area contributed by atoms with Gasteiger partial charge in [0.05, 0.1) is 18.2 Å². The van der Waals surface area contributed by atoms with Gasteiger partial charge in [-0.25, -0.2) is 8.78 Å². The SMILES string of the molecule is COc1ccc(F)cc1C(=O)c1cc(Br)ccc1F. The molecule has 2 aromatic carbocycles. The number of ether oxygens (including phenoxy) is 1. The van der Waals surface area contributed by atoms with Gasteiger partial charge in [0.25, 0.3) is 0 Å². The maximum Gasteiger partial charge on any atom is 0.199 e. The van der Waals surface area contributed by atoms with Crippen LogP contribution in [0, 0.1) is 11.6 Å². The minimum atomic E-state index is -0.667. The zero-order valence-corrected chi connectivity index (χ0v) is 11.5. The van der Waals surface area contributed by atoms with Crippen molar-refractivity contribution in [2.45, 2.75) is 0 Å². The second-order valence-corrected chi connectivity index (χ2v) is 4.71. The van der Waals surface area contributed by atoms with Crippen LogP contribution in [0.1, 0.15) is 15.9 Å². The lowest BCUT2D eigenvalue weighted by molar-refractivity contribution is 0.103. The second kappa shape index (κ2) is 5.48. The molecular formula is C14H9BrF2O2. The largest absolute Gasteiger partial charge is 0.496 e. The standard InChI is InChI=1S/C14H9BrF2O2/c1-19-13-5-3-9(16)7-11(13)14(18)10-6-8(15)2-4-12(10)17/h2-7H,1H3. The van der Waals surface area contributed by atoms with Crippen LogP contribution in [0.3, 0.4) is 0 Å². The van der Waals surface area contributed by atoms with E-state index in [-0.39, 0.29) is 16.9 Å².